The van der Waals surface area contributed by atoms with Crippen molar-refractivity contribution in [2.24, 2.45) is 5.41 Å². The Balaban J connectivity index is 2.69. The average molecular weight is 293 g/mol. The van der Waals surface area contributed by atoms with E-state index >= 15 is 0 Å². The van der Waals surface area contributed by atoms with Crippen molar-refractivity contribution in [3.63, 3.8) is 0 Å². The maximum atomic E-state index is 9.11. The van der Waals surface area contributed by atoms with Gasteiger partial charge in [0.05, 0.1) is 10.7 Å². The van der Waals surface area contributed by atoms with E-state index < -0.39 is 0 Å². The largest absolute Gasteiger partial charge is 0.396 e. The van der Waals surface area contributed by atoms with Crippen LogP contribution in [0.5, 0.6) is 0 Å². The molecule has 0 aliphatic rings. The van der Waals surface area contributed by atoms with Crippen molar-refractivity contribution in [1.82, 2.24) is 0 Å². The molecule has 15 heavy (non-hydrogen) atoms. The van der Waals surface area contributed by atoms with Gasteiger partial charge in [-0.05, 0) is 18.2 Å². The molecule has 0 aliphatic heterocycles. The molecular formula is C11H15BrClNO. The summed E-state index contributed by atoms with van der Waals surface area (Å²) < 4.78 is 0.983. The lowest BCUT2D eigenvalue weighted by molar-refractivity contribution is 0.171. The van der Waals surface area contributed by atoms with Gasteiger partial charge in [-0.3, -0.25) is 0 Å². The van der Waals surface area contributed by atoms with Crippen LogP contribution in [0.25, 0.3) is 0 Å². The summed E-state index contributed by atoms with van der Waals surface area (Å²) in [5.74, 6) is 0. The highest BCUT2D eigenvalue weighted by atomic mass is 79.9. The second-order valence-corrected chi connectivity index (χ2v) is 5.62. The summed E-state index contributed by atoms with van der Waals surface area (Å²) >= 11 is 9.41. The second-order valence-electron chi connectivity index (χ2n) is 4.30. The number of aliphatic hydroxyl groups excluding tert-OH is 1. The minimum Gasteiger partial charge on any atom is -0.396 e. The van der Waals surface area contributed by atoms with Gasteiger partial charge in [-0.1, -0.05) is 41.4 Å². The molecule has 0 bridgehead atoms. The highest BCUT2D eigenvalue weighted by Gasteiger charge is 2.16. The van der Waals surface area contributed by atoms with E-state index in [1.807, 2.05) is 32.0 Å². The minimum atomic E-state index is -0.147. The van der Waals surface area contributed by atoms with Crippen molar-refractivity contribution >= 4 is 33.2 Å². The first-order chi connectivity index (χ1) is 6.94. The molecule has 0 amide bonds. The molecule has 0 saturated heterocycles. The molecule has 0 atom stereocenters. The van der Waals surface area contributed by atoms with Crippen molar-refractivity contribution in [1.29, 1.82) is 0 Å². The Morgan fingerprint density at radius 1 is 1.47 bits per heavy atom. The molecule has 0 saturated carbocycles. The van der Waals surface area contributed by atoms with E-state index in [4.69, 9.17) is 16.7 Å². The normalized spacial score (nSPS) is 11.5. The fourth-order valence-electron chi connectivity index (χ4n) is 1.02. The van der Waals surface area contributed by atoms with E-state index in [9.17, 15) is 0 Å². The molecule has 0 spiro atoms. The summed E-state index contributed by atoms with van der Waals surface area (Å²) in [5.41, 5.74) is 0.735. The van der Waals surface area contributed by atoms with Crippen LogP contribution >= 0.6 is 27.5 Å². The third-order valence-corrected chi connectivity index (χ3v) is 2.94. The molecule has 0 radical (unpaired) electrons. The van der Waals surface area contributed by atoms with Crippen LogP contribution in [-0.4, -0.2) is 18.3 Å². The Bertz CT molecular complexity index is 341. The third-order valence-electron chi connectivity index (χ3n) is 2.11. The van der Waals surface area contributed by atoms with Gasteiger partial charge in [0, 0.05) is 23.0 Å². The van der Waals surface area contributed by atoms with Gasteiger partial charge < -0.3 is 10.4 Å². The summed E-state index contributed by atoms with van der Waals surface area (Å²) in [4.78, 5) is 0. The van der Waals surface area contributed by atoms with Crippen LogP contribution in [0.1, 0.15) is 13.8 Å². The highest BCUT2D eigenvalue weighted by Crippen LogP contribution is 2.26. The first-order valence-corrected chi connectivity index (χ1v) is 5.91. The number of halogens is 2. The lowest BCUT2D eigenvalue weighted by atomic mass is 9.95. The fraction of sp³-hybridized carbons (Fsp3) is 0.455. The van der Waals surface area contributed by atoms with E-state index in [1.165, 1.54) is 0 Å². The molecule has 1 rings (SSSR count). The van der Waals surface area contributed by atoms with Crippen molar-refractivity contribution in [2.45, 2.75) is 13.8 Å². The number of rotatable bonds is 4. The molecule has 2 N–H and O–H groups in total. The zero-order valence-electron chi connectivity index (χ0n) is 8.85. The maximum absolute atomic E-state index is 9.11. The van der Waals surface area contributed by atoms with E-state index in [1.54, 1.807) is 0 Å². The quantitative estimate of drug-likeness (QED) is 0.890. The Morgan fingerprint density at radius 2 is 2.13 bits per heavy atom. The first-order valence-electron chi connectivity index (χ1n) is 4.74. The molecule has 2 nitrogen and oxygen atoms in total. The number of benzene rings is 1. The molecule has 0 unspecified atom stereocenters. The smallest absolute Gasteiger partial charge is 0.0638 e. The summed E-state index contributed by atoms with van der Waals surface area (Å²) in [5, 5.41) is 13.0. The summed E-state index contributed by atoms with van der Waals surface area (Å²) in [6.07, 6.45) is 0. The fourth-order valence-corrected chi connectivity index (χ4v) is 1.57. The van der Waals surface area contributed by atoms with Crippen LogP contribution in [0, 0.1) is 5.41 Å². The van der Waals surface area contributed by atoms with Crippen LogP contribution in [0.4, 0.5) is 5.69 Å². The van der Waals surface area contributed by atoms with E-state index in [-0.39, 0.29) is 12.0 Å². The molecule has 1 aromatic rings. The zero-order valence-corrected chi connectivity index (χ0v) is 11.2. The molecule has 84 valence electrons. The van der Waals surface area contributed by atoms with Gasteiger partial charge in [0.1, 0.15) is 0 Å². The van der Waals surface area contributed by atoms with Gasteiger partial charge in [-0.2, -0.15) is 0 Å². The molecule has 0 aliphatic carbocycles. The second kappa shape index (κ2) is 5.19. The van der Waals surface area contributed by atoms with E-state index in [0.717, 1.165) is 10.2 Å². The van der Waals surface area contributed by atoms with Crippen LogP contribution in [0.3, 0.4) is 0 Å². The lowest BCUT2D eigenvalue weighted by Gasteiger charge is -2.23. The lowest BCUT2D eigenvalue weighted by Crippen LogP contribution is -2.26. The molecule has 0 fully saturated rings. The van der Waals surface area contributed by atoms with Crippen LogP contribution in [-0.2, 0) is 0 Å². The Kier molecular flexibility index (Phi) is 4.44. The number of hydrogen-bond donors (Lipinski definition) is 2. The van der Waals surface area contributed by atoms with Gasteiger partial charge in [-0.25, -0.2) is 0 Å². The summed E-state index contributed by atoms with van der Waals surface area (Å²) in [7, 11) is 0. The predicted molar refractivity (Wildman–Crippen MR) is 68.5 cm³/mol. The standard InChI is InChI=1S/C11H15BrClNO/c1-11(2,7-15)6-14-10-5-8(12)3-4-9(10)13/h3-5,14-15H,6-7H2,1-2H3. The van der Waals surface area contributed by atoms with E-state index in [0.29, 0.717) is 11.6 Å². The monoisotopic (exact) mass is 291 g/mol. The summed E-state index contributed by atoms with van der Waals surface area (Å²) in [6.45, 7) is 4.81. The van der Waals surface area contributed by atoms with Crippen molar-refractivity contribution in [3.8, 4) is 0 Å². The number of hydrogen-bond acceptors (Lipinski definition) is 2. The number of nitrogens with one attached hydrogen (secondary N) is 1. The maximum Gasteiger partial charge on any atom is 0.0638 e. The number of aliphatic hydroxyl groups is 1. The van der Waals surface area contributed by atoms with Crippen molar-refractivity contribution in [2.75, 3.05) is 18.5 Å². The average Bonchev–Trinajstić information content (AvgIpc) is 2.20. The molecule has 4 heteroatoms. The topological polar surface area (TPSA) is 32.3 Å². The van der Waals surface area contributed by atoms with Gasteiger partial charge in [0.2, 0.25) is 0 Å². The summed E-state index contributed by atoms with van der Waals surface area (Å²) in [6, 6.07) is 5.65. The predicted octanol–water partition coefficient (Wildman–Crippen LogP) is 3.53. The molecule has 0 heterocycles. The zero-order chi connectivity index (χ0) is 11.5. The Labute approximate surface area is 104 Å². The van der Waals surface area contributed by atoms with Crippen LogP contribution < -0.4 is 5.32 Å². The molecular weight excluding hydrogens is 277 g/mol. The van der Waals surface area contributed by atoms with Gasteiger partial charge >= 0.3 is 0 Å². The van der Waals surface area contributed by atoms with Crippen molar-refractivity contribution < 1.29 is 5.11 Å². The molecule has 0 aromatic heterocycles. The van der Waals surface area contributed by atoms with Crippen LogP contribution in [0.15, 0.2) is 22.7 Å². The van der Waals surface area contributed by atoms with E-state index in [2.05, 4.69) is 21.2 Å². The Hall–Kier alpha value is -0.250. The van der Waals surface area contributed by atoms with Gasteiger partial charge in [0.25, 0.3) is 0 Å². The minimum absolute atomic E-state index is 0.144. The Morgan fingerprint density at radius 3 is 2.73 bits per heavy atom. The van der Waals surface area contributed by atoms with Crippen LogP contribution in [0.2, 0.25) is 5.02 Å². The SMILES string of the molecule is CC(C)(CO)CNc1cc(Br)ccc1Cl. The highest BCUT2D eigenvalue weighted by molar-refractivity contribution is 9.10. The molecule has 1 aromatic carbocycles. The first kappa shape index (κ1) is 12.8. The van der Waals surface area contributed by atoms with Crippen molar-refractivity contribution in [3.05, 3.63) is 27.7 Å². The van der Waals surface area contributed by atoms with Gasteiger partial charge in [-0.15, -0.1) is 0 Å². The third kappa shape index (κ3) is 4.01. The number of anilines is 1. The van der Waals surface area contributed by atoms with Gasteiger partial charge in [0.15, 0.2) is 0 Å².